The van der Waals surface area contributed by atoms with Crippen molar-refractivity contribution < 1.29 is 19.7 Å². The number of ether oxygens (including phenoxy) is 1. The third-order valence-electron chi connectivity index (χ3n) is 6.42. The fourth-order valence-electron chi connectivity index (χ4n) is 4.22. The van der Waals surface area contributed by atoms with Crippen LogP contribution in [0.1, 0.15) is 129 Å². The lowest BCUT2D eigenvalue weighted by Gasteiger charge is -2.21. The van der Waals surface area contributed by atoms with E-state index < -0.39 is 18.1 Å². The van der Waals surface area contributed by atoms with E-state index in [4.69, 9.17) is 10.5 Å². The molecule has 0 saturated heterocycles. The molecule has 0 spiro atoms. The first-order chi connectivity index (χ1) is 16.0. The standard InChI is InChI=1S/C27H56N2O4/c1-3-4-5-6-7-8-9-10-11-12-13-14-15-20-26(24(2)30)33-23-18-22-29-25(27(31)32)19-16-17-21-28/h24-26,29-30H,3-23,28H2,1-2H3,(H,31,32)/t24?,25-,26?/m0/s1. The maximum atomic E-state index is 11.3. The molecule has 0 aliphatic rings. The van der Waals surface area contributed by atoms with Crippen molar-refractivity contribution in [2.75, 3.05) is 19.7 Å². The van der Waals surface area contributed by atoms with Crippen LogP contribution in [0.5, 0.6) is 0 Å². The van der Waals surface area contributed by atoms with Gasteiger partial charge in [-0.15, -0.1) is 0 Å². The molecule has 0 aliphatic carbocycles. The summed E-state index contributed by atoms with van der Waals surface area (Å²) < 4.78 is 5.90. The molecule has 0 rings (SSSR count). The number of aliphatic hydroxyl groups is 1. The van der Waals surface area contributed by atoms with E-state index in [2.05, 4.69) is 12.2 Å². The van der Waals surface area contributed by atoms with Crippen LogP contribution in [0.4, 0.5) is 0 Å². The lowest BCUT2D eigenvalue weighted by molar-refractivity contribution is -0.139. The van der Waals surface area contributed by atoms with Crippen LogP contribution in [0, 0.1) is 0 Å². The number of nitrogens with two attached hydrogens (primary N) is 1. The highest BCUT2D eigenvalue weighted by Gasteiger charge is 2.17. The van der Waals surface area contributed by atoms with Gasteiger partial charge in [-0.05, 0) is 45.7 Å². The maximum Gasteiger partial charge on any atom is 0.320 e. The second kappa shape index (κ2) is 24.4. The quantitative estimate of drug-likeness (QED) is 0.119. The minimum atomic E-state index is -0.808. The Balaban J connectivity index is 3.68. The van der Waals surface area contributed by atoms with E-state index in [0.29, 0.717) is 26.1 Å². The maximum absolute atomic E-state index is 11.3. The van der Waals surface area contributed by atoms with Gasteiger partial charge in [0.2, 0.25) is 0 Å². The highest BCUT2D eigenvalue weighted by Crippen LogP contribution is 2.15. The van der Waals surface area contributed by atoms with E-state index in [0.717, 1.165) is 32.1 Å². The number of rotatable bonds is 26. The summed E-state index contributed by atoms with van der Waals surface area (Å²) in [4.78, 5) is 11.3. The number of unbranched alkanes of at least 4 members (excludes halogenated alkanes) is 13. The molecule has 33 heavy (non-hydrogen) atoms. The Morgan fingerprint density at radius 1 is 0.818 bits per heavy atom. The van der Waals surface area contributed by atoms with Gasteiger partial charge < -0.3 is 26.0 Å². The Labute approximate surface area is 204 Å². The van der Waals surface area contributed by atoms with Crippen LogP contribution in [-0.2, 0) is 9.53 Å². The summed E-state index contributed by atoms with van der Waals surface area (Å²) in [5.74, 6) is -0.808. The summed E-state index contributed by atoms with van der Waals surface area (Å²) in [6.07, 6.45) is 20.6. The van der Waals surface area contributed by atoms with Crippen LogP contribution in [0.25, 0.3) is 0 Å². The number of hydrogen-bond donors (Lipinski definition) is 4. The number of carboxylic acid groups (broad SMARTS) is 1. The molecule has 0 aliphatic heterocycles. The molecule has 0 aromatic carbocycles. The molecular formula is C27H56N2O4. The van der Waals surface area contributed by atoms with Gasteiger partial charge in [0.05, 0.1) is 12.2 Å². The highest BCUT2D eigenvalue weighted by molar-refractivity contribution is 5.73. The number of carboxylic acids is 1. The smallest absolute Gasteiger partial charge is 0.320 e. The highest BCUT2D eigenvalue weighted by atomic mass is 16.5. The normalized spacial score (nSPS) is 14.3. The molecule has 0 aromatic heterocycles. The van der Waals surface area contributed by atoms with Crippen molar-refractivity contribution in [3.8, 4) is 0 Å². The number of hydrogen-bond acceptors (Lipinski definition) is 5. The summed E-state index contributed by atoms with van der Waals surface area (Å²) in [5.41, 5.74) is 5.47. The molecule has 0 radical (unpaired) electrons. The fourth-order valence-corrected chi connectivity index (χ4v) is 4.22. The van der Waals surface area contributed by atoms with Gasteiger partial charge in [-0.3, -0.25) is 4.79 Å². The van der Waals surface area contributed by atoms with Gasteiger partial charge in [0.15, 0.2) is 0 Å². The van der Waals surface area contributed by atoms with E-state index in [-0.39, 0.29) is 6.10 Å². The van der Waals surface area contributed by atoms with Gasteiger partial charge in [-0.2, -0.15) is 0 Å². The predicted molar refractivity (Wildman–Crippen MR) is 139 cm³/mol. The molecule has 2 unspecified atom stereocenters. The lowest BCUT2D eigenvalue weighted by Crippen LogP contribution is -2.38. The Bertz CT molecular complexity index is 421. The van der Waals surface area contributed by atoms with Gasteiger partial charge in [-0.1, -0.05) is 96.8 Å². The predicted octanol–water partition coefficient (Wildman–Crippen LogP) is 5.80. The van der Waals surface area contributed by atoms with Crippen molar-refractivity contribution in [2.24, 2.45) is 5.73 Å². The summed E-state index contributed by atoms with van der Waals surface area (Å²) in [5, 5.41) is 22.4. The van der Waals surface area contributed by atoms with Crippen LogP contribution in [0.3, 0.4) is 0 Å². The van der Waals surface area contributed by atoms with Crippen molar-refractivity contribution in [3.63, 3.8) is 0 Å². The molecule has 3 atom stereocenters. The molecule has 0 fully saturated rings. The minimum Gasteiger partial charge on any atom is -0.480 e. The van der Waals surface area contributed by atoms with Gasteiger partial charge >= 0.3 is 5.97 Å². The Morgan fingerprint density at radius 2 is 1.33 bits per heavy atom. The van der Waals surface area contributed by atoms with Crippen molar-refractivity contribution >= 4 is 5.97 Å². The molecule has 0 bridgehead atoms. The number of aliphatic carboxylic acids is 1. The summed E-state index contributed by atoms with van der Waals surface area (Å²) in [6.45, 7) is 5.80. The van der Waals surface area contributed by atoms with Crippen molar-refractivity contribution in [1.82, 2.24) is 5.32 Å². The largest absolute Gasteiger partial charge is 0.480 e. The van der Waals surface area contributed by atoms with Crippen LogP contribution in [0.2, 0.25) is 0 Å². The SMILES string of the molecule is CCCCCCCCCCCCCCCC(OCCCN[C@@H](CCCCN)C(=O)O)C(C)O. The van der Waals surface area contributed by atoms with Crippen molar-refractivity contribution in [3.05, 3.63) is 0 Å². The number of nitrogens with one attached hydrogen (secondary N) is 1. The van der Waals surface area contributed by atoms with E-state index >= 15 is 0 Å². The topological polar surface area (TPSA) is 105 Å². The molecule has 5 N–H and O–H groups in total. The zero-order valence-electron chi connectivity index (χ0n) is 21.9. The molecule has 6 nitrogen and oxygen atoms in total. The first kappa shape index (κ1) is 32.3. The first-order valence-electron chi connectivity index (χ1n) is 14.0. The van der Waals surface area contributed by atoms with Crippen LogP contribution >= 0.6 is 0 Å². The molecule has 0 aromatic rings. The Morgan fingerprint density at radius 3 is 1.82 bits per heavy atom. The van der Waals surface area contributed by atoms with E-state index in [9.17, 15) is 15.0 Å². The van der Waals surface area contributed by atoms with Crippen LogP contribution < -0.4 is 11.1 Å². The molecule has 0 amide bonds. The molecule has 198 valence electrons. The monoisotopic (exact) mass is 472 g/mol. The summed E-state index contributed by atoms with van der Waals surface area (Å²) in [6, 6.07) is -0.519. The fraction of sp³-hybridized carbons (Fsp3) is 0.963. The second-order valence-electron chi connectivity index (χ2n) is 9.66. The third-order valence-corrected chi connectivity index (χ3v) is 6.42. The molecule has 0 saturated carbocycles. The zero-order chi connectivity index (χ0) is 24.6. The minimum absolute atomic E-state index is 0.127. The van der Waals surface area contributed by atoms with Gasteiger partial charge in [0, 0.05) is 6.61 Å². The number of carbonyl (C=O) groups is 1. The average molecular weight is 473 g/mol. The molecule has 6 heteroatoms. The van der Waals surface area contributed by atoms with E-state index in [1.54, 1.807) is 6.92 Å². The van der Waals surface area contributed by atoms with Gasteiger partial charge in [0.1, 0.15) is 6.04 Å². The lowest BCUT2D eigenvalue weighted by atomic mass is 10.0. The van der Waals surface area contributed by atoms with E-state index in [1.807, 2.05) is 0 Å². The first-order valence-corrected chi connectivity index (χ1v) is 14.0. The van der Waals surface area contributed by atoms with E-state index in [1.165, 1.54) is 77.0 Å². The molecule has 0 heterocycles. The van der Waals surface area contributed by atoms with Crippen molar-refractivity contribution in [1.29, 1.82) is 0 Å². The van der Waals surface area contributed by atoms with Crippen LogP contribution in [0.15, 0.2) is 0 Å². The zero-order valence-corrected chi connectivity index (χ0v) is 21.9. The second-order valence-corrected chi connectivity index (χ2v) is 9.66. The third kappa shape index (κ3) is 21.6. The van der Waals surface area contributed by atoms with Gasteiger partial charge in [0.25, 0.3) is 0 Å². The average Bonchev–Trinajstić information content (AvgIpc) is 2.78. The molecular weight excluding hydrogens is 416 g/mol. The van der Waals surface area contributed by atoms with Crippen molar-refractivity contribution in [2.45, 2.75) is 148 Å². The Kier molecular flexibility index (Phi) is 23.9. The summed E-state index contributed by atoms with van der Waals surface area (Å²) in [7, 11) is 0. The van der Waals surface area contributed by atoms with Crippen LogP contribution in [-0.4, -0.2) is 54.1 Å². The Hall–Kier alpha value is -0.690. The summed E-state index contributed by atoms with van der Waals surface area (Å²) >= 11 is 0. The van der Waals surface area contributed by atoms with Gasteiger partial charge in [-0.25, -0.2) is 0 Å². The number of aliphatic hydroxyl groups excluding tert-OH is 1.